The minimum atomic E-state index is -4.51. The zero-order valence-electron chi connectivity index (χ0n) is 12.0. The fraction of sp³-hybridized carbons (Fsp3) is 0.500. The SMILES string of the molecule is O=C(O)[C@H]1CCCCN1C(=O)c1ccnc(OCC(F)(F)F)c1. The zero-order chi connectivity index (χ0) is 17.0. The number of likely N-dealkylation sites (tertiary alicyclic amines) is 1. The third kappa shape index (κ3) is 4.57. The lowest BCUT2D eigenvalue weighted by Gasteiger charge is -2.33. The van der Waals surface area contributed by atoms with E-state index in [0.717, 1.165) is 12.3 Å². The van der Waals surface area contributed by atoms with Crippen molar-refractivity contribution in [3.8, 4) is 5.88 Å². The Hall–Kier alpha value is -2.32. The van der Waals surface area contributed by atoms with E-state index in [1.807, 2.05) is 0 Å². The van der Waals surface area contributed by atoms with E-state index >= 15 is 0 Å². The van der Waals surface area contributed by atoms with Gasteiger partial charge in [0.05, 0.1) is 0 Å². The van der Waals surface area contributed by atoms with Gasteiger partial charge in [-0.25, -0.2) is 9.78 Å². The predicted octanol–water partition coefficient (Wildman–Crippen LogP) is 2.10. The first-order valence-electron chi connectivity index (χ1n) is 6.97. The molecule has 1 aromatic rings. The van der Waals surface area contributed by atoms with Gasteiger partial charge in [-0.3, -0.25) is 4.79 Å². The Kier molecular flexibility index (Phi) is 5.07. The molecule has 9 heteroatoms. The summed E-state index contributed by atoms with van der Waals surface area (Å²) in [6, 6.07) is 1.47. The maximum Gasteiger partial charge on any atom is 0.422 e. The molecule has 0 spiro atoms. The highest BCUT2D eigenvalue weighted by Gasteiger charge is 2.33. The number of ether oxygens (including phenoxy) is 1. The molecule has 23 heavy (non-hydrogen) atoms. The number of carboxylic acid groups (broad SMARTS) is 1. The number of carbonyl (C=O) groups is 2. The second-order valence-electron chi connectivity index (χ2n) is 5.13. The number of pyridine rings is 1. The molecule has 1 atom stereocenters. The lowest BCUT2D eigenvalue weighted by Crippen LogP contribution is -2.48. The topological polar surface area (TPSA) is 79.7 Å². The van der Waals surface area contributed by atoms with Crippen molar-refractivity contribution < 1.29 is 32.6 Å². The largest absolute Gasteiger partial charge is 0.480 e. The molecule has 0 saturated carbocycles. The number of alkyl halides is 3. The summed E-state index contributed by atoms with van der Waals surface area (Å²) in [5.41, 5.74) is 0.0466. The van der Waals surface area contributed by atoms with Gasteiger partial charge >= 0.3 is 12.1 Å². The average molecular weight is 332 g/mol. The van der Waals surface area contributed by atoms with E-state index in [2.05, 4.69) is 9.72 Å². The van der Waals surface area contributed by atoms with Crippen LogP contribution < -0.4 is 4.74 Å². The highest BCUT2D eigenvalue weighted by molar-refractivity contribution is 5.96. The monoisotopic (exact) mass is 332 g/mol. The van der Waals surface area contributed by atoms with Gasteiger partial charge in [-0.1, -0.05) is 0 Å². The van der Waals surface area contributed by atoms with E-state index in [-0.39, 0.29) is 18.0 Å². The molecule has 1 aromatic heterocycles. The Morgan fingerprint density at radius 3 is 2.78 bits per heavy atom. The number of piperidine rings is 1. The van der Waals surface area contributed by atoms with Crippen LogP contribution in [0.2, 0.25) is 0 Å². The third-order valence-corrected chi connectivity index (χ3v) is 3.41. The summed E-state index contributed by atoms with van der Waals surface area (Å²) in [6.07, 6.45) is -1.62. The van der Waals surface area contributed by atoms with Crippen LogP contribution in [-0.2, 0) is 4.79 Å². The number of hydrogen-bond acceptors (Lipinski definition) is 4. The first-order valence-corrected chi connectivity index (χ1v) is 6.97. The van der Waals surface area contributed by atoms with E-state index in [1.54, 1.807) is 0 Å². The zero-order valence-corrected chi connectivity index (χ0v) is 12.0. The maximum atomic E-state index is 12.4. The van der Waals surface area contributed by atoms with Crippen LogP contribution in [0.4, 0.5) is 13.2 Å². The molecule has 0 aromatic carbocycles. The van der Waals surface area contributed by atoms with Crippen molar-refractivity contribution in [1.82, 2.24) is 9.88 Å². The number of carbonyl (C=O) groups excluding carboxylic acids is 1. The minimum absolute atomic E-state index is 0.0466. The van der Waals surface area contributed by atoms with Crippen molar-refractivity contribution in [3.05, 3.63) is 23.9 Å². The van der Waals surface area contributed by atoms with E-state index in [4.69, 9.17) is 0 Å². The van der Waals surface area contributed by atoms with Gasteiger partial charge in [-0.2, -0.15) is 13.2 Å². The van der Waals surface area contributed by atoms with Crippen molar-refractivity contribution in [2.45, 2.75) is 31.5 Å². The number of rotatable bonds is 4. The van der Waals surface area contributed by atoms with Crippen LogP contribution in [-0.4, -0.2) is 52.2 Å². The maximum absolute atomic E-state index is 12.4. The third-order valence-electron chi connectivity index (χ3n) is 3.41. The first-order chi connectivity index (χ1) is 10.8. The molecule has 1 fully saturated rings. The van der Waals surface area contributed by atoms with Crippen molar-refractivity contribution in [3.63, 3.8) is 0 Å². The summed E-state index contributed by atoms with van der Waals surface area (Å²) in [4.78, 5) is 28.5. The van der Waals surface area contributed by atoms with Gasteiger partial charge in [-0.05, 0) is 25.3 Å². The molecule has 1 saturated heterocycles. The second-order valence-corrected chi connectivity index (χ2v) is 5.13. The molecule has 1 N–H and O–H groups in total. The summed E-state index contributed by atoms with van der Waals surface area (Å²) in [6.45, 7) is -1.23. The molecule has 1 aliphatic rings. The molecule has 0 radical (unpaired) electrons. The van der Waals surface area contributed by atoms with Crippen molar-refractivity contribution in [2.24, 2.45) is 0 Å². The molecule has 1 amide bonds. The summed E-state index contributed by atoms with van der Waals surface area (Å²) in [7, 11) is 0. The Bertz CT molecular complexity index is 592. The van der Waals surface area contributed by atoms with E-state index in [0.29, 0.717) is 19.3 Å². The molecule has 0 aliphatic carbocycles. The number of carboxylic acids is 1. The number of hydrogen-bond donors (Lipinski definition) is 1. The normalized spacial score (nSPS) is 18.6. The predicted molar refractivity (Wildman–Crippen MR) is 72.1 cm³/mol. The Morgan fingerprint density at radius 1 is 1.39 bits per heavy atom. The van der Waals surface area contributed by atoms with Gasteiger partial charge in [0, 0.05) is 24.4 Å². The lowest BCUT2D eigenvalue weighted by atomic mass is 10.0. The van der Waals surface area contributed by atoms with Crippen LogP contribution in [0.25, 0.3) is 0 Å². The number of halogens is 3. The van der Waals surface area contributed by atoms with E-state index < -0.39 is 30.7 Å². The smallest absolute Gasteiger partial charge is 0.422 e. The second kappa shape index (κ2) is 6.84. The molecule has 2 heterocycles. The van der Waals surface area contributed by atoms with Gasteiger partial charge in [0.25, 0.3) is 5.91 Å². The van der Waals surface area contributed by atoms with Gasteiger partial charge in [0.2, 0.25) is 5.88 Å². The van der Waals surface area contributed by atoms with Gasteiger partial charge < -0.3 is 14.7 Å². The standard InChI is InChI=1S/C14H15F3N2O4/c15-14(16,17)8-23-11-7-9(4-5-18-11)12(20)19-6-2-1-3-10(19)13(21)22/h4-5,7,10H,1-3,6,8H2,(H,21,22)/t10-/m1/s1. The molecular weight excluding hydrogens is 317 g/mol. The fourth-order valence-corrected chi connectivity index (χ4v) is 2.37. The van der Waals surface area contributed by atoms with Crippen molar-refractivity contribution in [1.29, 1.82) is 0 Å². The van der Waals surface area contributed by atoms with Crippen molar-refractivity contribution >= 4 is 11.9 Å². The highest BCUT2D eigenvalue weighted by Crippen LogP contribution is 2.22. The quantitative estimate of drug-likeness (QED) is 0.913. The molecule has 2 rings (SSSR count). The lowest BCUT2D eigenvalue weighted by molar-refractivity contribution is -0.154. The van der Waals surface area contributed by atoms with E-state index in [1.165, 1.54) is 11.0 Å². The molecule has 1 aliphatic heterocycles. The molecule has 126 valence electrons. The van der Waals surface area contributed by atoms with E-state index in [9.17, 15) is 27.9 Å². The Labute approximate surface area is 129 Å². The fourth-order valence-electron chi connectivity index (χ4n) is 2.37. The number of amides is 1. The van der Waals surface area contributed by atoms with Gasteiger partial charge in [0.15, 0.2) is 6.61 Å². The molecule has 0 bridgehead atoms. The summed E-state index contributed by atoms with van der Waals surface area (Å²) in [5.74, 6) is -1.99. The van der Waals surface area contributed by atoms with Crippen LogP contribution in [0.5, 0.6) is 5.88 Å². The Morgan fingerprint density at radius 2 is 2.13 bits per heavy atom. The number of nitrogens with zero attached hydrogens (tertiary/aromatic N) is 2. The molecule has 6 nitrogen and oxygen atoms in total. The van der Waals surface area contributed by atoms with Crippen LogP contribution in [0.1, 0.15) is 29.6 Å². The molecular formula is C14H15F3N2O4. The van der Waals surface area contributed by atoms with Crippen LogP contribution in [0, 0.1) is 0 Å². The molecule has 0 unspecified atom stereocenters. The van der Waals surface area contributed by atoms with Crippen LogP contribution in [0.3, 0.4) is 0 Å². The highest BCUT2D eigenvalue weighted by atomic mass is 19.4. The first kappa shape index (κ1) is 17.0. The Balaban J connectivity index is 2.14. The van der Waals surface area contributed by atoms with Gasteiger partial charge in [-0.15, -0.1) is 0 Å². The van der Waals surface area contributed by atoms with Crippen LogP contribution in [0.15, 0.2) is 18.3 Å². The average Bonchev–Trinajstić information content (AvgIpc) is 2.52. The van der Waals surface area contributed by atoms with Crippen molar-refractivity contribution in [2.75, 3.05) is 13.2 Å². The minimum Gasteiger partial charge on any atom is -0.480 e. The van der Waals surface area contributed by atoms with Gasteiger partial charge in [0.1, 0.15) is 6.04 Å². The summed E-state index contributed by atoms with van der Waals surface area (Å²) >= 11 is 0. The number of aromatic nitrogens is 1. The number of aliphatic carboxylic acids is 1. The summed E-state index contributed by atoms with van der Waals surface area (Å²) < 4.78 is 40.9. The summed E-state index contributed by atoms with van der Waals surface area (Å²) in [5, 5.41) is 9.18. The van der Waals surface area contributed by atoms with Crippen LogP contribution >= 0.6 is 0 Å².